The van der Waals surface area contributed by atoms with Crippen LogP contribution < -0.4 is 0 Å². The maximum Gasteiger partial charge on any atom is 0.180 e. The lowest BCUT2D eigenvalue weighted by atomic mass is 9.94. The molecule has 0 saturated carbocycles. The van der Waals surface area contributed by atoms with E-state index in [4.69, 9.17) is 0 Å². The van der Waals surface area contributed by atoms with E-state index in [9.17, 15) is 9.18 Å². The molecule has 0 amide bonds. The second-order valence-corrected chi connectivity index (χ2v) is 6.17. The van der Waals surface area contributed by atoms with E-state index < -0.39 is 0 Å². The zero-order chi connectivity index (χ0) is 16.1. The van der Waals surface area contributed by atoms with Crippen molar-refractivity contribution < 1.29 is 9.18 Å². The van der Waals surface area contributed by atoms with Crippen LogP contribution in [0.2, 0.25) is 0 Å². The van der Waals surface area contributed by atoms with E-state index in [2.05, 4.69) is 17.0 Å². The summed E-state index contributed by atoms with van der Waals surface area (Å²) in [5, 5.41) is 0. The molecular formula is C20H22FNO. The Morgan fingerprint density at radius 3 is 2.26 bits per heavy atom. The molecule has 0 bridgehead atoms. The normalized spacial score (nSPS) is 16.9. The number of rotatable bonds is 5. The first-order valence-corrected chi connectivity index (χ1v) is 8.32. The van der Waals surface area contributed by atoms with Crippen molar-refractivity contribution in [2.45, 2.75) is 31.7 Å². The van der Waals surface area contributed by atoms with Crippen LogP contribution in [-0.2, 0) is 6.42 Å². The third-order valence-corrected chi connectivity index (χ3v) is 4.53. The van der Waals surface area contributed by atoms with E-state index in [1.54, 1.807) is 12.1 Å². The van der Waals surface area contributed by atoms with E-state index >= 15 is 0 Å². The highest BCUT2D eigenvalue weighted by atomic mass is 19.1. The fraction of sp³-hybridized carbons (Fsp3) is 0.350. The number of halogens is 1. The highest BCUT2D eigenvalue weighted by molar-refractivity contribution is 6.00. The number of likely N-dealkylation sites (tertiary alicyclic amines) is 1. The van der Waals surface area contributed by atoms with Gasteiger partial charge in [0.05, 0.1) is 6.04 Å². The summed E-state index contributed by atoms with van der Waals surface area (Å²) in [6.45, 7) is 1.93. The van der Waals surface area contributed by atoms with Crippen molar-refractivity contribution in [1.82, 2.24) is 4.90 Å². The summed E-state index contributed by atoms with van der Waals surface area (Å²) >= 11 is 0. The fourth-order valence-corrected chi connectivity index (χ4v) is 3.26. The maximum absolute atomic E-state index is 13.1. The maximum atomic E-state index is 13.1. The van der Waals surface area contributed by atoms with Gasteiger partial charge in [-0.15, -0.1) is 0 Å². The molecule has 2 aromatic carbocycles. The fourth-order valence-electron chi connectivity index (χ4n) is 3.26. The lowest BCUT2D eigenvalue weighted by molar-refractivity contribution is 0.0783. The van der Waals surface area contributed by atoms with Crippen molar-refractivity contribution in [1.29, 1.82) is 0 Å². The average Bonchev–Trinajstić information content (AvgIpc) is 2.61. The molecule has 1 fully saturated rings. The number of piperidine rings is 1. The van der Waals surface area contributed by atoms with E-state index in [0.29, 0.717) is 12.0 Å². The van der Waals surface area contributed by atoms with E-state index in [-0.39, 0.29) is 17.6 Å². The molecule has 3 heteroatoms. The van der Waals surface area contributed by atoms with Crippen molar-refractivity contribution >= 4 is 5.78 Å². The van der Waals surface area contributed by atoms with Gasteiger partial charge in [0.25, 0.3) is 0 Å². The first-order chi connectivity index (χ1) is 11.2. The third-order valence-electron chi connectivity index (χ3n) is 4.53. The van der Waals surface area contributed by atoms with Gasteiger partial charge in [0.2, 0.25) is 0 Å². The second kappa shape index (κ2) is 7.51. The zero-order valence-electron chi connectivity index (χ0n) is 13.2. The van der Waals surface area contributed by atoms with Crippen LogP contribution in [0.15, 0.2) is 54.6 Å². The highest BCUT2D eigenvalue weighted by Gasteiger charge is 2.28. The number of Topliss-reactive ketones (excluding diaryl/α,β-unsaturated/α-hetero) is 1. The molecule has 0 N–H and O–H groups in total. The van der Waals surface area contributed by atoms with Crippen molar-refractivity contribution in [2.24, 2.45) is 0 Å². The van der Waals surface area contributed by atoms with Gasteiger partial charge in [0, 0.05) is 5.56 Å². The number of benzene rings is 2. The minimum absolute atomic E-state index is 0.0933. The van der Waals surface area contributed by atoms with Crippen LogP contribution in [0.5, 0.6) is 0 Å². The molecule has 1 atom stereocenters. The molecule has 120 valence electrons. The minimum atomic E-state index is -0.306. The number of hydrogen-bond donors (Lipinski definition) is 0. The Balaban J connectivity index is 1.84. The zero-order valence-corrected chi connectivity index (χ0v) is 13.2. The van der Waals surface area contributed by atoms with Gasteiger partial charge in [-0.25, -0.2) is 4.39 Å². The Hall–Kier alpha value is -2.00. The lowest BCUT2D eigenvalue weighted by Crippen LogP contribution is -2.45. The summed E-state index contributed by atoms with van der Waals surface area (Å²) in [5.74, 6) is -0.213. The van der Waals surface area contributed by atoms with Crippen molar-refractivity contribution in [2.75, 3.05) is 13.1 Å². The molecule has 1 aliphatic heterocycles. The van der Waals surface area contributed by atoms with Gasteiger partial charge in [0.1, 0.15) is 5.82 Å². The topological polar surface area (TPSA) is 20.3 Å². The first-order valence-electron chi connectivity index (χ1n) is 8.32. The molecule has 0 aromatic heterocycles. The Morgan fingerprint density at radius 1 is 0.957 bits per heavy atom. The van der Waals surface area contributed by atoms with Crippen molar-refractivity contribution in [3.8, 4) is 0 Å². The van der Waals surface area contributed by atoms with Crippen LogP contribution in [0.25, 0.3) is 0 Å². The van der Waals surface area contributed by atoms with Crippen LogP contribution >= 0.6 is 0 Å². The van der Waals surface area contributed by atoms with Gasteiger partial charge >= 0.3 is 0 Å². The average molecular weight is 311 g/mol. The Bertz CT molecular complexity index is 632. The van der Waals surface area contributed by atoms with Crippen LogP contribution in [-0.4, -0.2) is 29.8 Å². The van der Waals surface area contributed by atoms with E-state index in [0.717, 1.165) is 25.9 Å². The molecule has 0 spiro atoms. The van der Waals surface area contributed by atoms with Gasteiger partial charge in [-0.3, -0.25) is 9.69 Å². The summed E-state index contributed by atoms with van der Waals surface area (Å²) < 4.78 is 13.1. The quantitative estimate of drug-likeness (QED) is 0.775. The van der Waals surface area contributed by atoms with Gasteiger partial charge in [-0.1, -0.05) is 36.8 Å². The molecule has 0 radical (unpaired) electrons. The Kier molecular flexibility index (Phi) is 5.19. The standard InChI is InChI=1S/C20H22FNO/c21-18-11-9-17(10-12-18)20(23)19(22-13-5-2-6-14-22)15-16-7-3-1-4-8-16/h1,3-4,7-12,19H,2,5-6,13-15H2/t19-/m1/s1. The molecule has 0 aliphatic carbocycles. The van der Waals surface area contributed by atoms with Crippen LogP contribution in [0.3, 0.4) is 0 Å². The Morgan fingerprint density at radius 2 is 1.61 bits per heavy atom. The predicted octanol–water partition coefficient (Wildman–Crippen LogP) is 4.11. The smallest absolute Gasteiger partial charge is 0.180 e. The Labute approximate surface area is 136 Å². The molecule has 1 aliphatic rings. The molecule has 1 saturated heterocycles. The SMILES string of the molecule is O=C(c1ccc(F)cc1)[C@@H](Cc1ccccc1)N1CCCCC1. The van der Waals surface area contributed by atoms with Gasteiger partial charge in [-0.05, 0) is 62.2 Å². The summed E-state index contributed by atoms with van der Waals surface area (Å²) in [7, 11) is 0. The van der Waals surface area contributed by atoms with Crippen LogP contribution in [0.4, 0.5) is 4.39 Å². The molecule has 0 unspecified atom stereocenters. The predicted molar refractivity (Wildman–Crippen MR) is 90.1 cm³/mol. The highest BCUT2D eigenvalue weighted by Crippen LogP contribution is 2.19. The van der Waals surface area contributed by atoms with Crippen molar-refractivity contribution in [3.05, 3.63) is 71.5 Å². The number of carbonyl (C=O) groups is 1. The van der Waals surface area contributed by atoms with Gasteiger partial charge < -0.3 is 0 Å². The van der Waals surface area contributed by atoms with Gasteiger partial charge in [-0.2, -0.15) is 0 Å². The molecular weight excluding hydrogens is 289 g/mol. The molecule has 23 heavy (non-hydrogen) atoms. The number of hydrogen-bond acceptors (Lipinski definition) is 2. The lowest BCUT2D eigenvalue weighted by Gasteiger charge is -2.33. The van der Waals surface area contributed by atoms with Crippen LogP contribution in [0, 0.1) is 5.82 Å². The van der Waals surface area contributed by atoms with E-state index in [1.807, 2.05) is 18.2 Å². The molecule has 2 aromatic rings. The van der Waals surface area contributed by atoms with Crippen LogP contribution in [0.1, 0.15) is 35.2 Å². The number of ketones is 1. The monoisotopic (exact) mass is 311 g/mol. The molecule has 1 heterocycles. The first kappa shape index (κ1) is 15.9. The summed E-state index contributed by atoms with van der Waals surface area (Å²) in [5.41, 5.74) is 1.76. The molecule has 3 rings (SSSR count). The summed E-state index contributed by atoms with van der Waals surface area (Å²) in [4.78, 5) is 15.3. The largest absolute Gasteiger partial charge is 0.293 e. The summed E-state index contributed by atoms with van der Waals surface area (Å²) in [6.07, 6.45) is 4.22. The number of carbonyl (C=O) groups excluding carboxylic acids is 1. The van der Waals surface area contributed by atoms with Crippen molar-refractivity contribution in [3.63, 3.8) is 0 Å². The van der Waals surface area contributed by atoms with E-state index in [1.165, 1.54) is 24.1 Å². The molecule has 2 nitrogen and oxygen atoms in total. The van der Waals surface area contributed by atoms with Gasteiger partial charge in [0.15, 0.2) is 5.78 Å². The number of nitrogens with zero attached hydrogens (tertiary/aromatic N) is 1. The third kappa shape index (κ3) is 4.05. The second-order valence-electron chi connectivity index (χ2n) is 6.17. The summed E-state index contributed by atoms with van der Waals surface area (Å²) in [6, 6.07) is 15.9. The minimum Gasteiger partial charge on any atom is -0.293 e.